The van der Waals surface area contributed by atoms with Crippen LogP contribution in [0.2, 0.25) is 0 Å². The fourth-order valence-electron chi connectivity index (χ4n) is 3.48. The largest absolute Gasteiger partial charge is 0.393 e. The van der Waals surface area contributed by atoms with Crippen molar-refractivity contribution >= 4 is 11.9 Å². The van der Waals surface area contributed by atoms with Crippen LogP contribution < -0.4 is 10.6 Å². The Balaban J connectivity index is 1.55. The fraction of sp³-hybridized carbons (Fsp3) is 0.579. The molecule has 0 saturated heterocycles. The molecule has 2 heterocycles. The first-order valence-corrected chi connectivity index (χ1v) is 9.53. The molecule has 2 aromatic rings. The number of nitrogens with one attached hydrogen (secondary N) is 2. The molecule has 0 spiro atoms. The third-order valence-corrected chi connectivity index (χ3v) is 5.23. The molecule has 2 aromatic heterocycles. The van der Waals surface area contributed by atoms with Crippen LogP contribution in [-0.4, -0.2) is 44.2 Å². The van der Waals surface area contributed by atoms with Gasteiger partial charge in [-0.2, -0.15) is 0 Å². The van der Waals surface area contributed by atoms with Crippen LogP contribution in [0.5, 0.6) is 0 Å². The zero-order valence-corrected chi connectivity index (χ0v) is 15.1. The van der Waals surface area contributed by atoms with Crippen molar-refractivity contribution in [1.82, 2.24) is 19.9 Å². The smallest absolute Gasteiger partial charge is 0.223 e. The van der Waals surface area contributed by atoms with Crippen LogP contribution in [0.3, 0.4) is 0 Å². The lowest BCUT2D eigenvalue weighted by molar-refractivity contribution is 0.126. The number of nitrogens with zero attached hydrogens (tertiary/aromatic N) is 4. The quantitative estimate of drug-likeness (QED) is 0.734. The first-order chi connectivity index (χ1) is 12.7. The Morgan fingerprint density at radius 2 is 1.85 bits per heavy atom. The van der Waals surface area contributed by atoms with Gasteiger partial charge in [-0.05, 0) is 56.9 Å². The highest BCUT2D eigenvalue weighted by Crippen LogP contribution is 2.35. The van der Waals surface area contributed by atoms with Gasteiger partial charge in [0.2, 0.25) is 11.9 Å². The van der Waals surface area contributed by atoms with Gasteiger partial charge in [0.25, 0.3) is 0 Å². The van der Waals surface area contributed by atoms with Gasteiger partial charge in [-0.3, -0.25) is 0 Å². The molecule has 7 nitrogen and oxygen atoms in total. The van der Waals surface area contributed by atoms with E-state index in [0.717, 1.165) is 55.0 Å². The summed E-state index contributed by atoms with van der Waals surface area (Å²) in [6, 6.07) is 2.24. The summed E-state index contributed by atoms with van der Waals surface area (Å²) in [4.78, 5) is 18.1. The van der Waals surface area contributed by atoms with E-state index < -0.39 is 0 Å². The summed E-state index contributed by atoms with van der Waals surface area (Å²) in [6.45, 7) is 0. The summed E-state index contributed by atoms with van der Waals surface area (Å²) in [5, 5.41) is 16.1. The van der Waals surface area contributed by atoms with Gasteiger partial charge >= 0.3 is 0 Å². The van der Waals surface area contributed by atoms with Gasteiger partial charge in [-0.25, -0.2) is 19.9 Å². The Kier molecular flexibility index (Phi) is 4.97. The normalized spacial score (nSPS) is 22.8. The predicted molar refractivity (Wildman–Crippen MR) is 101 cm³/mol. The zero-order valence-electron chi connectivity index (χ0n) is 15.1. The first-order valence-electron chi connectivity index (χ1n) is 9.53. The van der Waals surface area contributed by atoms with E-state index in [-0.39, 0.29) is 6.10 Å². The number of hydrogen-bond acceptors (Lipinski definition) is 7. The van der Waals surface area contributed by atoms with Crippen LogP contribution >= 0.6 is 0 Å². The fourth-order valence-corrected chi connectivity index (χ4v) is 3.48. The summed E-state index contributed by atoms with van der Waals surface area (Å²) >= 11 is 0. The summed E-state index contributed by atoms with van der Waals surface area (Å²) in [5.74, 6) is 2.03. The monoisotopic (exact) mass is 354 g/mol. The minimum Gasteiger partial charge on any atom is -0.393 e. The number of hydrogen-bond donors (Lipinski definition) is 3. The lowest BCUT2D eigenvalue weighted by Crippen LogP contribution is -2.28. The molecule has 7 heteroatoms. The molecule has 2 aliphatic carbocycles. The summed E-state index contributed by atoms with van der Waals surface area (Å²) < 4.78 is 0. The van der Waals surface area contributed by atoms with Crippen LogP contribution in [0.15, 0.2) is 18.5 Å². The van der Waals surface area contributed by atoms with E-state index in [1.165, 1.54) is 12.8 Å². The molecule has 3 N–H and O–H groups in total. The van der Waals surface area contributed by atoms with E-state index in [1.54, 1.807) is 6.20 Å². The number of aliphatic hydroxyl groups is 1. The number of aromatic nitrogens is 4. The molecule has 0 amide bonds. The van der Waals surface area contributed by atoms with Gasteiger partial charge in [-0.1, -0.05) is 0 Å². The molecule has 2 fully saturated rings. The Morgan fingerprint density at radius 1 is 1.04 bits per heavy atom. The SMILES string of the molecule is CNc1ncc(-c2ccnc(NC3CCC(O)CC3)n2)c(CC2CC2)n1. The van der Waals surface area contributed by atoms with E-state index in [9.17, 15) is 5.11 Å². The van der Waals surface area contributed by atoms with Gasteiger partial charge in [0.1, 0.15) is 0 Å². The van der Waals surface area contributed by atoms with Gasteiger partial charge < -0.3 is 15.7 Å². The second kappa shape index (κ2) is 7.53. The van der Waals surface area contributed by atoms with Crippen LogP contribution in [-0.2, 0) is 6.42 Å². The number of rotatable bonds is 6. The molecular formula is C19H26N6O. The van der Waals surface area contributed by atoms with Gasteiger partial charge in [0, 0.05) is 31.0 Å². The molecule has 2 aliphatic rings. The summed E-state index contributed by atoms with van der Waals surface area (Å²) in [6.07, 6.45) is 10.6. The van der Waals surface area contributed by atoms with E-state index in [2.05, 4.69) is 25.6 Å². The number of anilines is 2. The second-order valence-corrected chi connectivity index (χ2v) is 7.37. The van der Waals surface area contributed by atoms with Gasteiger partial charge in [-0.15, -0.1) is 0 Å². The predicted octanol–water partition coefficient (Wildman–Crippen LogP) is 2.64. The molecule has 0 unspecified atom stereocenters. The summed E-state index contributed by atoms with van der Waals surface area (Å²) in [5.41, 5.74) is 2.90. The molecule has 138 valence electrons. The lowest BCUT2D eigenvalue weighted by atomic mass is 9.93. The Morgan fingerprint density at radius 3 is 2.58 bits per heavy atom. The topological polar surface area (TPSA) is 95.9 Å². The van der Waals surface area contributed by atoms with Gasteiger partial charge in [0.05, 0.1) is 17.5 Å². The zero-order chi connectivity index (χ0) is 17.9. The van der Waals surface area contributed by atoms with Crippen molar-refractivity contribution in [3.05, 3.63) is 24.2 Å². The van der Waals surface area contributed by atoms with Crippen molar-refractivity contribution in [2.24, 2.45) is 5.92 Å². The molecule has 0 radical (unpaired) electrons. The number of aliphatic hydroxyl groups excluding tert-OH is 1. The Labute approximate surface area is 153 Å². The maximum atomic E-state index is 9.66. The van der Waals surface area contributed by atoms with Crippen molar-refractivity contribution in [2.45, 2.75) is 57.1 Å². The average molecular weight is 354 g/mol. The van der Waals surface area contributed by atoms with E-state index in [1.807, 2.05) is 19.3 Å². The third-order valence-electron chi connectivity index (χ3n) is 5.23. The highest BCUT2D eigenvalue weighted by molar-refractivity contribution is 5.63. The van der Waals surface area contributed by atoms with Crippen molar-refractivity contribution in [2.75, 3.05) is 17.7 Å². The van der Waals surface area contributed by atoms with Gasteiger partial charge in [0.15, 0.2) is 0 Å². The Bertz CT molecular complexity index is 755. The molecule has 4 rings (SSSR count). The summed E-state index contributed by atoms with van der Waals surface area (Å²) in [7, 11) is 1.84. The van der Waals surface area contributed by atoms with Crippen LogP contribution in [0, 0.1) is 5.92 Å². The maximum absolute atomic E-state index is 9.66. The minimum absolute atomic E-state index is 0.159. The van der Waals surface area contributed by atoms with Crippen molar-refractivity contribution < 1.29 is 5.11 Å². The van der Waals surface area contributed by atoms with E-state index >= 15 is 0 Å². The van der Waals surface area contributed by atoms with Crippen molar-refractivity contribution in [1.29, 1.82) is 0 Å². The average Bonchev–Trinajstić information content (AvgIpc) is 3.48. The molecule has 0 atom stereocenters. The van der Waals surface area contributed by atoms with Crippen molar-refractivity contribution in [3.8, 4) is 11.3 Å². The first kappa shape index (κ1) is 17.1. The molecule has 26 heavy (non-hydrogen) atoms. The minimum atomic E-state index is -0.159. The highest BCUT2D eigenvalue weighted by Gasteiger charge is 2.25. The maximum Gasteiger partial charge on any atom is 0.223 e. The van der Waals surface area contributed by atoms with E-state index in [4.69, 9.17) is 4.98 Å². The van der Waals surface area contributed by atoms with Crippen LogP contribution in [0.4, 0.5) is 11.9 Å². The highest BCUT2D eigenvalue weighted by atomic mass is 16.3. The lowest BCUT2D eigenvalue weighted by Gasteiger charge is -2.26. The van der Waals surface area contributed by atoms with Crippen LogP contribution in [0.25, 0.3) is 11.3 Å². The van der Waals surface area contributed by atoms with E-state index in [0.29, 0.717) is 17.9 Å². The second-order valence-electron chi connectivity index (χ2n) is 7.37. The third kappa shape index (κ3) is 4.09. The standard InChI is InChI=1S/C19H26N6O/c1-20-18-22-11-15(17(25-18)10-12-2-3-12)16-8-9-21-19(24-16)23-13-4-6-14(26)7-5-13/h8-9,11-14,26H,2-7,10H2,1H3,(H,20,22,25)(H,21,23,24). The van der Waals surface area contributed by atoms with Crippen molar-refractivity contribution in [3.63, 3.8) is 0 Å². The molecule has 0 aliphatic heterocycles. The molecular weight excluding hydrogens is 328 g/mol. The molecule has 2 saturated carbocycles. The molecule has 0 bridgehead atoms. The molecule has 0 aromatic carbocycles. The Hall–Kier alpha value is -2.28. The van der Waals surface area contributed by atoms with Crippen LogP contribution in [0.1, 0.15) is 44.2 Å².